The summed E-state index contributed by atoms with van der Waals surface area (Å²) in [6.45, 7) is 6.16. The minimum absolute atomic E-state index is 0.144. The molecule has 1 heterocycles. The summed E-state index contributed by atoms with van der Waals surface area (Å²) in [6, 6.07) is 5.65. The van der Waals surface area contributed by atoms with Crippen molar-refractivity contribution in [2.75, 3.05) is 18.0 Å². The first-order valence-electron chi connectivity index (χ1n) is 7.25. The summed E-state index contributed by atoms with van der Waals surface area (Å²) in [7, 11) is 0. The van der Waals surface area contributed by atoms with Gasteiger partial charge in [0.25, 0.3) is 0 Å². The monoisotopic (exact) mass is 291 g/mol. The smallest absolute Gasteiger partial charge is 0.337 e. The maximum atomic E-state index is 11.0. The van der Waals surface area contributed by atoms with Crippen LogP contribution in [0.4, 0.5) is 5.69 Å². The second-order valence-corrected chi connectivity index (χ2v) is 5.08. The Hall–Kier alpha value is -2.01. The van der Waals surface area contributed by atoms with Crippen molar-refractivity contribution in [2.24, 2.45) is 0 Å². The lowest BCUT2D eigenvalue weighted by atomic mass is 10.1. The molecule has 2 N–H and O–H groups in total. The van der Waals surface area contributed by atoms with E-state index >= 15 is 0 Å². The van der Waals surface area contributed by atoms with Crippen molar-refractivity contribution < 1.29 is 19.7 Å². The fourth-order valence-corrected chi connectivity index (χ4v) is 2.44. The van der Waals surface area contributed by atoms with E-state index in [0.29, 0.717) is 11.3 Å². The molecule has 0 saturated heterocycles. The largest absolute Gasteiger partial charge is 0.478 e. The highest BCUT2D eigenvalue weighted by Crippen LogP contribution is 2.33. The number of hydrogen-bond acceptors (Lipinski definition) is 4. The Morgan fingerprint density at radius 2 is 1.95 bits per heavy atom. The van der Waals surface area contributed by atoms with Gasteiger partial charge < -0.3 is 19.8 Å². The molecule has 5 heteroatoms. The number of aliphatic hydroxyl groups is 1. The van der Waals surface area contributed by atoms with Gasteiger partial charge in [0.1, 0.15) is 11.3 Å². The molecule has 0 amide bonds. The number of carboxylic acid groups (broad SMARTS) is 1. The Morgan fingerprint density at radius 3 is 2.52 bits per heavy atom. The third-order valence-electron chi connectivity index (χ3n) is 3.41. The Labute approximate surface area is 124 Å². The number of anilines is 1. The van der Waals surface area contributed by atoms with Gasteiger partial charge in [-0.3, -0.25) is 0 Å². The third kappa shape index (κ3) is 3.36. The quantitative estimate of drug-likeness (QED) is 0.842. The summed E-state index contributed by atoms with van der Waals surface area (Å²) in [5.41, 5.74) is 1.56. The van der Waals surface area contributed by atoms with Gasteiger partial charge in [-0.05, 0) is 31.1 Å². The van der Waals surface area contributed by atoms with Crippen molar-refractivity contribution >= 4 is 17.7 Å². The molecule has 1 unspecified atom stereocenters. The average molecular weight is 291 g/mol. The van der Waals surface area contributed by atoms with Gasteiger partial charge in [-0.2, -0.15) is 0 Å². The lowest BCUT2D eigenvalue weighted by Gasteiger charge is -2.27. The number of aliphatic carboxylic acids is 1. The standard InChI is InChI=1S/C16H21NO4/c1-3-7-17(8-4-2)12-6-5-11-9-13(15(18)19)16(20)21-14(11)10-12/h5-6,9-10,16,20H,3-4,7-8H2,1-2H3,(H,18,19). The molecule has 0 aromatic heterocycles. The summed E-state index contributed by atoms with van der Waals surface area (Å²) in [5.74, 6) is -0.655. The molecular weight excluding hydrogens is 270 g/mol. The van der Waals surface area contributed by atoms with Crippen LogP contribution in [0, 0.1) is 0 Å². The van der Waals surface area contributed by atoms with E-state index in [9.17, 15) is 9.90 Å². The fourth-order valence-electron chi connectivity index (χ4n) is 2.44. The predicted molar refractivity (Wildman–Crippen MR) is 81.5 cm³/mol. The number of ether oxygens (including phenoxy) is 1. The first-order valence-corrected chi connectivity index (χ1v) is 7.25. The number of carboxylic acids is 1. The van der Waals surface area contributed by atoms with Gasteiger partial charge in [0, 0.05) is 30.4 Å². The van der Waals surface area contributed by atoms with E-state index in [2.05, 4.69) is 18.7 Å². The summed E-state index contributed by atoms with van der Waals surface area (Å²) >= 11 is 0. The molecule has 1 aliphatic rings. The van der Waals surface area contributed by atoms with E-state index in [1.807, 2.05) is 18.2 Å². The summed E-state index contributed by atoms with van der Waals surface area (Å²) in [4.78, 5) is 13.3. The number of carbonyl (C=O) groups is 1. The zero-order chi connectivity index (χ0) is 15.4. The number of aliphatic hydroxyl groups excluding tert-OH is 1. The van der Waals surface area contributed by atoms with Crippen molar-refractivity contribution in [2.45, 2.75) is 33.0 Å². The second-order valence-electron chi connectivity index (χ2n) is 5.08. The molecule has 0 fully saturated rings. The van der Waals surface area contributed by atoms with Crippen molar-refractivity contribution in [1.82, 2.24) is 0 Å². The molecule has 1 aromatic carbocycles. The van der Waals surface area contributed by atoms with E-state index in [1.54, 1.807) is 0 Å². The number of benzene rings is 1. The molecular formula is C16H21NO4. The van der Waals surface area contributed by atoms with Crippen LogP contribution in [0.3, 0.4) is 0 Å². The first-order chi connectivity index (χ1) is 10.1. The minimum Gasteiger partial charge on any atom is -0.478 e. The van der Waals surface area contributed by atoms with Crippen LogP contribution in [0.2, 0.25) is 0 Å². The Bertz CT molecular complexity index is 547. The summed E-state index contributed by atoms with van der Waals surface area (Å²) in [5, 5.41) is 18.7. The highest BCUT2D eigenvalue weighted by atomic mass is 16.6. The molecule has 2 rings (SSSR count). The van der Waals surface area contributed by atoms with Gasteiger partial charge in [0.15, 0.2) is 0 Å². The third-order valence-corrected chi connectivity index (χ3v) is 3.41. The van der Waals surface area contributed by atoms with E-state index in [4.69, 9.17) is 9.84 Å². The van der Waals surface area contributed by atoms with Crippen LogP contribution in [-0.4, -0.2) is 35.6 Å². The zero-order valence-electron chi connectivity index (χ0n) is 12.4. The summed E-state index contributed by atoms with van der Waals surface area (Å²) < 4.78 is 5.33. The maximum absolute atomic E-state index is 11.0. The minimum atomic E-state index is -1.42. The molecule has 21 heavy (non-hydrogen) atoms. The Kier molecular flexibility index (Phi) is 4.85. The van der Waals surface area contributed by atoms with Crippen LogP contribution in [0.25, 0.3) is 6.08 Å². The van der Waals surface area contributed by atoms with Gasteiger partial charge in [0.05, 0.1) is 0 Å². The molecule has 5 nitrogen and oxygen atoms in total. The lowest BCUT2D eigenvalue weighted by molar-refractivity contribution is -0.135. The van der Waals surface area contributed by atoms with Gasteiger partial charge in [-0.25, -0.2) is 4.79 Å². The summed E-state index contributed by atoms with van der Waals surface area (Å²) in [6.07, 6.45) is 2.13. The SMILES string of the molecule is CCCN(CCC)c1ccc2c(c1)OC(O)C(C(=O)O)=C2. The van der Waals surface area contributed by atoms with Crippen molar-refractivity contribution in [1.29, 1.82) is 0 Å². The highest BCUT2D eigenvalue weighted by molar-refractivity contribution is 5.94. The lowest BCUT2D eigenvalue weighted by Crippen LogP contribution is -2.28. The first kappa shape index (κ1) is 15.4. The Balaban J connectivity index is 2.32. The van der Waals surface area contributed by atoms with E-state index in [0.717, 1.165) is 31.6 Å². The number of hydrogen-bond donors (Lipinski definition) is 2. The van der Waals surface area contributed by atoms with Gasteiger partial charge in [-0.1, -0.05) is 13.8 Å². The van der Waals surface area contributed by atoms with Crippen LogP contribution in [-0.2, 0) is 4.79 Å². The van der Waals surface area contributed by atoms with Crippen LogP contribution >= 0.6 is 0 Å². The van der Waals surface area contributed by atoms with E-state index < -0.39 is 12.3 Å². The molecule has 0 saturated carbocycles. The van der Waals surface area contributed by atoms with E-state index in [1.165, 1.54) is 6.08 Å². The van der Waals surface area contributed by atoms with Crippen LogP contribution in [0.5, 0.6) is 5.75 Å². The number of rotatable bonds is 6. The number of fused-ring (bicyclic) bond motifs is 1. The van der Waals surface area contributed by atoms with Gasteiger partial charge >= 0.3 is 5.97 Å². The second kappa shape index (κ2) is 6.63. The number of nitrogens with zero attached hydrogens (tertiary/aromatic N) is 1. The molecule has 1 atom stereocenters. The topological polar surface area (TPSA) is 70.0 Å². The zero-order valence-corrected chi connectivity index (χ0v) is 12.4. The highest BCUT2D eigenvalue weighted by Gasteiger charge is 2.26. The van der Waals surface area contributed by atoms with Crippen LogP contribution in [0.15, 0.2) is 23.8 Å². The van der Waals surface area contributed by atoms with Crippen molar-refractivity contribution in [3.8, 4) is 5.75 Å². The fraction of sp³-hybridized carbons (Fsp3) is 0.438. The van der Waals surface area contributed by atoms with E-state index in [-0.39, 0.29) is 5.57 Å². The Morgan fingerprint density at radius 1 is 1.29 bits per heavy atom. The predicted octanol–water partition coefficient (Wildman–Crippen LogP) is 2.49. The van der Waals surface area contributed by atoms with Crippen molar-refractivity contribution in [3.05, 3.63) is 29.3 Å². The average Bonchev–Trinajstić information content (AvgIpc) is 2.45. The molecule has 0 radical (unpaired) electrons. The van der Waals surface area contributed by atoms with Crippen LogP contribution < -0.4 is 9.64 Å². The molecule has 0 spiro atoms. The molecule has 0 aliphatic carbocycles. The molecule has 1 aromatic rings. The maximum Gasteiger partial charge on any atom is 0.337 e. The van der Waals surface area contributed by atoms with Crippen LogP contribution in [0.1, 0.15) is 32.3 Å². The molecule has 1 aliphatic heterocycles. The van der Waals surface area contributed by atoms with Gasteiger partial charge in [0.2, 0.25) is 6.29 Å². The molecule has 114 valence electrons. The van der Waals surface area contributed by atoms with Gasteiger partial charge in [-0.15, -0.1) is 0 Å². The molecule has 0 bridgehead atoms. The normalized spacial score (nSPS) is 16.7. The van der Waals surface area contributed by atoms with Crippen molar-refractivity contribution in [3.63, 3.8) is 0 Å².